The molecule has 7 nitrogen and oxygen atoms in total. The third kappa shape index (κ3) is 4.22. The van der Waals surface area contributed by atoms with Crippen LogP contribution in [-0.2, 0) is 14.3 Å². The molecular formula is C26H25NO6. The standard InChI is InChI=1S/C26H25NO6/c1-30-20-15-14-19(16-21(20)31-2)24-23(25(28)32-3)27(26(29)33-24)22(17-10-6-4-7-11-17)18-12-8-5-9-13-18/h4-16,22-24H,1-3H3. The molecule has 1 saturated heterocycles. The highest BCUT2D eigenvalue weighted by Gasteiger charge is 2.51. The molecule has 0 bridgehead atoms. The van der Waals surface area contributed by atoms with Gasteiger partial charge in [-0.2, -0.15) is 0 Å². The minimum absolute atomic E-state index is 0.468. The Hall–Kier alpha value is -4.00. The molecule has 0 radical (unpaired) electrons. The van der Waals surface area contributed by atoms with Crippen LogP contribution in [0.4, 0.5) is 4.79 Å². The molecule has 4 rings (SSSR count). The molecule has 0 N–H and O–H groups in total. The summed E-state index contributed by atoms with van der Waals surface area (Å²) in [6.45, 7) is 0. The number of esters is 1. The van der Waals surface area contributed by atoms with Gasteiger partial charge in [0, 0.05) is 0 Å². The molecule has 3 aromatic rings. The van der Waals surface area contributed by atoms with Gasteiger partial charge >= 0.3 is 12.1 Å². The number of ether oxygens (including phenoxy) is 4. The largest absolute Gasteiger partial charge is 0.493 e. The van der Waals surface area contributed by atoms with E-state index < -0.39 is 30.3 Å². The van der Waals surface area contributed by atoms with E-state index in [1.807, 2.05) is 60.7 Å². The molecular weight excluding hydrogens is 422 g/mol. The van der Waals surface area contributed by atoms with Crippen LogP contribution in [0, 0.1) is 0 Å². The average molecular weight is 447 g/mol. The first-order chi connectivity index (χ1) is 16.1. The van der Waals surface area contributed by atoms with E-state index in [-0.39, 0.29) is 0 Å². The lowest BCUT2D eigenvalue weighted by molar-refractivity contribution is -0.147. The van der Waals surface area contributed by atoms with Crippen molar-refractivity contribution in [2.45, 2.75) is 18.2 Å². The Balaban J connectivity index is 1.83. The highest BCUT2D eigenvalue weighted by atomic mass is 16.6. The van der Waals surface area contributed by atoms with E-state index in [1.165, 1.54) is 26.2 Å². The van der Waals surface area contributed by atoms with Crippen molar-refractivity contribution >= 4 is 12.1 Å². The van der Waals surface area contributed by atoms with E-state index in [0.717, 1.165) is 11.1 Å². The van der Waals surface area contributed by atoms with Gasteiger partial charge in [-0.3, -0.25) is 4.90 Å². The minimum Gasteiger partial charge on any atom is -0.493 e. The Labute approximate surface area is 192 Å². The first-order valence-electron chi connectivity index (χ1n) is 10.5. The van der Waals surface area contributed by atoms with E-state index in [1.54, 1.807) is 18.2 Å². The van der Waals surface area contributed by atoms with Crippen molar-refractivity contribution in [2.75, 3.05) is 21.3 Å². The topological polar surface area (TPSA) is 74.3 Å². The number of nitrogens with zero attached hydrogens (tertiary/aromatic N) is 1. The molecule has 1 aliphatic heterocycles. The molecule has 0 saturated carbocycles. The summed E-state index contributed by atoms with van der Waals surface area (Å²) in [6, 6.07) is 22.7. The summed E-state index contributed by atoms with van der Waals surface area (Å²) in [4.78, 5) is 27.8. The molecule has 2 atom stereocenters. The number of cyclic esters (lactones) is 1. The van der Waals surface area contributed by atoms with Crippen molar-refractivity contribution in [2.24, 2.45) is 0 Å². The molecule has 2 unspecified atom stereocenters. The predicted molar refractivity (Wildman–Crippen MR) is 121 cm³/mol. The molecule has 0 spiro atoms. The molecule has 33 heavy (non-hydrogen) atoms. The number of hydrogen-bond donors (Lipinski definition) is 0. The molecule has 1 fully saturated rings. The lowest BCUT2D eigenvalue weighted by atomic mass is 9.94. The van der Waals surface area contributed by atoms with E-state index in [2.05, 4.69) is 0 Å². The van der Waals surface area contributed by atoms with Gasteiger partial charge in [0.05, 0.1) is 27.4 Å². The van der Waals surface area contributed by atoms with Gasteiger partial charge in [0.2, 0.25) is 0 Å². The highest BCUT2D eigenvalue weighted by Crippen LogP contribution is 2.43. The molecule has 0 aliphatic carbocycles. The molecule has 0 aromatic heterocycles. The molecule has 1 amide bonds. The van der Waals surface area contributed by atoms with Crippen molar-refractivity contribution in [3.05, 3.63) is 95.6 Å². The van der Waals surface area contributed by atoms with Gasteiger partial charge in [0.25, 0.3) is 0 Å². The van der Waals surface area contributed by atoms with E-state index in [9.17, 15) is 9.59 Å². The summed E-state index contributed by atoms with van der Waals surface area (Å²) in [7, 11) is 4.36. The van der Waals surface area contributed by atoms with Gasteiger partial charge in [-0.1, -0.05) is 66.7 Å². The van der Waals surface area contributed by atoms with E-state index in [0.29, 0.717) is 17.1 Å². The van der Waals surface area contributed by atoms with Crippen molar-refractivity contribution in [1.29, 1.82) is 0 Å². The normalized spacial score (nSPS) is 17.6. The number of hydrogen-bond acceptors (Lipinski definition) is 6. The monoisotopic (exact) mass is 447 g/mol. The van der Waals surface area contributed by atoms with Gasteiger partial charge in [-0.15, -0.1) is 0 Å². The number of methoxy groups -OCH3 is 3. The van der Waals surface area contributed by atoms with Crippen LogP contribution in [0.5, 0.6) is 11.5 Å². The van der Waals surface area contributed by atoms with Gasteiger partial charge in [-0.05, 0) is 28.8 Å². The van der Waals surface area contributed by atoms with Gasteiger partial charge in [-0.25, -0.2) is 9.59 Å². The van der Waals surface area contributed by atoms with Crippen LogP contribution in [0.15, 0.2) is 78.9 Å². The second kappa shape index (κ2) is 9.65. The van der Waals surface area contributed by atoms with Gasteiger partial charge in [0.15, 0.2) is 23.6 Å². The fraction of sp³-hybridized carbons (Fsp3) is 0.231. The van der Waals surface area contributed by atoms with Gasteiger partial charge < -0.3 is 18.9 Å². The fourth-order valence-corrected chi connectivity index (χ4v) is 4.18. The highest BCUT2D eigenvalue weighted by molar-refractivity contribution is 5.86. The fourth-order valence-electron chi connectivity index (χ4n) is 4.18. The SMILES string of the molecule is COC(=O)C1C(c2ccc(OC)c(OC)c2)OC(=O)N1C(c1ccccc1)c1ccccc1. The molecule has 7 heteroatoms. The Morgan fingerprint density at radius 2 is 1.42 bits per heavy atom. The maximum atomic E-state index is 13.3. The quantitative estimate of drug-likeness (QED) is 0.496. The lowest BCUT2D eigenvalue weighted by Gasteiger charge is -2.31. The number of amides is 1. The first kappa shape index (κ1) is 22.2. The zero-order valence-electron chi connectivity index (χ0n) is 18.6. The summed E-state index contributed by atoms with van der Waals surface area (Å²) >= 11 is 0. The summed E-state index contributed by atoms with van der Waals surface area (Å²) in [5, 5.41) is 0. The Morgan fingerprint density at radius 1 is 0.848 bits per heavy atom. The summed E-state index contributed by atoms with van der Waals surface area (Å²) in [6.07, 6.45) is -1.50. The second-order valence-corrected chi connectivity index (χ2v) is 7.52. The van der Waals surface area contributed by atoms with Crippen molar-refractivity contribution in [1.82, 2.24) is 4.90 Å². The van der Waals surface area contributed by atoms with E-state index >= 15 is 0 Å². The number of rotatable bonds is 7. The van der Waals surface area contributed by atoms with E-state index in [4.69, 9.17) is 18.9 Å². The maximum Gasteiger partial charge on any atom is 0.412 e. The smallest absolute Gasteiger partial charge is 0.412 e. The molecule has 170 valence electrons. The molecule has 1 heterocycles. The molecule has 3 aromatic carbocycles. The van der Waals surface area contributed by atoms with Crippen LogP contribution in [-0.4, -0.2) is 44.3 Å². The Morgan fingerprint density at radius 3 is 1.94 bits per heavy atom. The summed E-state index contributed by atoms with van der Waals surface area (Å²) in [5.74, 6) is 0.428. The third-order valence-corrected chi connectivity index (χ3v) is 5.71. The third-order valence-electron chi connectivity index (χ3n) is 5.71. The zero-order valence-corrected chi connectivity index (χ0v) is 18.6. The summed E-state index contributed by atoms with van der Waals surface area (Å²) in [5.41, 5.74) is 2.30. The van der Waals surface area contributed by atoms with Gasteiger partial charge in [0.1, 0.15) is 0 Å². The van der Waals surface area contributed by atoms with Crippen LogP contribution < -0.4 is 9.47 Å². The predicted octanol–water partition coefficient (Wildman–Crippen LogP) is 4.53. The number of carbonyl (C=O) groups is 2. The number of carbonyl (C=O) groups excluding carboxylic acids is 2. The van der Waals surface area contributed by atoms with Crippen LogP contribution in [0.25, 0.3) is 0 Å². The zero-order chi connectivity index (χ0) is 23.4. The summed E-state index contributed by atoms with van der Waals surface area (Å²) < 4.78 is 21.6. The maximum absolute atomic E-state index is 13.3. The van der Waals surface area contributed by atoms with Crippen LogP contribution in [0.2, 0.25) is 0 Å². The van der Waals surface area contributed by atoms with Crippen LogP contribution >= 0.6 is 0 Å². The lowest BCUT2D eigenvalue weighted by Crippen LogP contribution is -2.43. The molecule has 1 aliphatic rings. The van der Waals surface area contributed by atoms with Crippen molar-refractivity contribution < 1.29 is 28.5 Å². The Bertz CT molecular complexity index is 1080. The van der Waals surface area contributed by atoms with Crippen molar-refractivity contribution in [3.8, 4) is 11.5 Å². The Kier molecular flexibility index (Phi) is 6.49. The van der Waals surface area contributed by atoms with Crippen LogP contribution in [0.1, 0.15) is 28.8 Å². The first-order valence-corrected chi connectivity index (χ1v) is 10.5. The second-order valence-electron chi connectivity index (χ2n) is 7.52. The minimum atomic E-state index is -1.01. The average Bonchev–Trinajstić information content (AvgIpc) is 3.21. The number of benzene rings is 3. The van der Waals surface area contributed by atoms with Crippen molar-refractivity contribution in [3.63, 3.8) is 0 Å². The van der Waals surface area contributed by atoms with Crippen LogP contribution in [0.3, 0.4) is 0 Å².